The van der Waals surface area contributed by atoms with Gasteiger partial charge in [-0.1, -0.05) is 36.4 Å². The molecule has 0 atom stereocenters. The second kappa shape index (κ2) is 9.74. The highest BCUT2D eigenvalue weighted by atomic mass is 19.4. The van der Waals surface area contributed by atoms with E-state index in [2.05, 4.69) is 4.98 Å². The van der Waals surface area contributed by atoms with Gasteiger partial charge in [-0.2, -0.15) is 13.2 Å². The Hall–Kier alpha value is -3.20. The van der Waals surface area contributed by atoms with E-state index in [0.29, 0.717) is 24.2 Å². The van der Waals surface area contributed by atoms with Crippen LogP contribution in [0.4, 0.5) is 17.6 Å². The van der Waals surface area contributed by atoms with Crippen molar-refractivity contribution < 1.29 is 26.8 Å². The number of carbonyl (C=O) groups excluding carboxylic acids is 1. The van der Waals surface area contributed by atoms with E-state index in [1.54, 1.807) is 34.1 Å². The minimum absolute atomic E-state index is 0.0951. The van der Waals surface area contributed by atoms with Crippen LogP contribution in [0.5, 0.6) is 0 Å². The predicted octanol–water partition coefficient (Wildman–Crippen LogP) is 5.27. The van der Waals surface area contributed by atoms with Gasteiger partial charge in [0.2, 0.25) is 5.89 Å². The SMILES string of the molecule is O=C(c1coc(CN(Cc2cccc(C(F)(F)F)c2)Cc2ccccc2F)n1)N1CCCC1. The van der Waals surface area contributed by atoms with Crippen LogP contribution < -0.4 is 0 Å². The minimum atomic E-state index is -4.46. The molecule has 0 N–H and O–H groups in total. The van der Waals surface area contributed by atoms with Gasteiger partial charge in [-0.3, -0.25) is 9.69 Å². The van der Waals surface area contributed by atoms with Crippen LogP contribution in [0.15, 0.2) is 59.2 Å². The number of hydrogen-bond donors (Lipinski definition) is 0. The summed E-state index contributed by atoms with van der Waals surface area (Å²) in [7, 11) is 0. The Balaban J connectivity index is 1.54. The average Bonchev–Trinajstić information content (AvgIpc) is 3.47. The molecule has 4 rings (SSSR count). The Morgan fingerprint density at radius 1 is 1.03 bits per heavy atom. The normalized spacial score (nSPS) is 14.3. The maximum absolute atomic E-state index is 14.3. The smallest absolute Gasteiger partial charge is 0.416 e. The van der Waals surface area contributed by atoms with Crippen molar-refractivity contribution in [2.75, 3.05) is 13.1 Å². The summed E-state index contributed by atoms with van der Waals surface area (Å²) in [6, 6.07) is 11.2. The molecule has 5 nitrogen and oxygen atoms in total. The molecule has 33 heavy (non-hydrogen) atoms. The van der Waals surface area contributed by atoms with Crippen molar-refractivity contribution in [3.63, 3.8) is 0 Å². The van der Waals surface area contributed by atoms with E-state index in [1.807, 2.05) is 0 Å². The summed E-state index contributed by atoms with van der Waals surface area (Å²) < 4.78 is 59.2. The van der Waals surface area contributed by atoms with E-state index in [4.69, 9.17) is 4.42 Å². The highest BCUT2D eigenvalue weighted by Crippen LogP contribution is 2.30. The third-order valence-corrected chi connectivity index (χ3v) is 5.54. The first-order chi connectivity index (χ1) is 15.8. The van der Waals surface area contributed by atoms with Gasteiger partial charge in [-0.15, -0.1) is 0 Å². The van der Waals surface area contributed by atoms with Crippen LogP contribution in [0.1, 0.15) is 45.9 Å². The van der Waals surface area contributed by atoms with Crippen LogP contribution >= 0.6 is 0 Å². The number of amides is 1. The number of alkyl halides is 3. The summed E-state index contributed by atoms with van der Waals surface area (Å²) >= 11 is 0. The molecule has 0 unspecified atom stereocenters. The molecular formula is C24H23F4N3O2. The molecule has 1 amide bonds. The number of halogens is 4. The van der Waals surface area contributed by atoms with Crippen molar-refractivity contribution >= 4 is 5.91 Å². The number of aromatic nitrogens is 1. The van der Waals surface area contributed by atoms with Gasteiger partial charge >= 0.3 is 6.18 Å². The van der Waals surface area contributed by atoms with Gasteiger partial charge in [-0.05, 0) is 30.5 Å². The molecule has 1 saturated heterocycles. The Morgan fingerprint density at radius 2 is 1.79 bits per heavy atom. The monoisotopic (exact) mass is 461 g/mol. The summed E-state index contributed by atoms with van der Waals surface area (Å²) in [4.78, 5) is 20.3. The fraction of sp³-hybridized carbons (Fsp3) is 0.333. The van der Waals surface area contributed by atoms with Crippen molar-refractivity contribution in [1.82, 2.24) is 14.8 Å². The van der Waals surface area contributed by atoms with Gasteiger partial charge in [0.05, 0.1) is 12.1 Å². The molecule has 1 aromatic heterocycles. The van der Waals surface area contributed by atoms with Crippen molar-refractivity contribution in [1.29, 1.82) is 0 Å². The number of benzene rings is 2. The third-order valence-electron chi connectivity index (χ3n) is 5.54. The third kappa shape index (κ3) is 5.78. The molecule has 9 heteroatoms. The quantitative estimate of drug-likeness (QED) is 0.450. The zero-order valence-electron chi connectivity index (χ0n) is 17.8. The Labute approximate surface area is 188 Å². The summed E-state index contributed by atoms with van der Waals surface area (Å²) in [6.07, 6.45) is -1.27. The van der Waals surface area contributed by atoms with E-state index in [0.717, 1.165) is 25.0 Å². The molecule has 0 bridgehead atoms. The van der Waals surface area contributed by atoms with Crippen LogP contribution in [0.2, 0.25) is 0 Å². The first-order valence-corrected chi connectivity index (χ1v) is 10.6. The Morgan fingerprint density at radius 3 is 2.52 bits per heavy atom. The number of nitrogens with zero attached hydrogens (tertiary/aromatic N) is 3. The fourth-order valence-corrected chi connectivity index (χ4v) is 3.89. The Kier molecular flexibility index (Phi) is 6.78. The zero-order chi connectivity index (χ0) is 23.4. The van der Waals surface area contributed by atoms with Gasteiger partial charge < -0.3 is 9.32 Å². The summed E-state index contributed by atoms with van der Waals surface area (Å²) in [5.74, 6) is -0.384. The lowest BCUT2D eigenvalue weighted by Gasteiger charge is -2.22. The zero-order valence-corrected chi connectivity index (χ0v) is 17.8. The number of carbonyl (C=O) groups is 1. The Bertz CT molecular complexity index is 1110. The standard InChI is InChI=1S/C24H23F4N3O2/c25-20-9-2-1-7-18(20)14-30(13-17-6-5-8-19(12-17)24(26,27)28)15-22-29-21(16-33-22)23(32)31-10-3-4-11-31/h1-2,5-9,12,16H,3-4,10-11,13-15H2. The van der Waals surface area contributed by atoms with Crippen molar-refractivity contribution in [2.45, 2.75) is 38.7 Å². The molecule has 2 aromatic carbocycles. The molecule has 0 aliphatic carbocycles. The fourth-order valence-electron chi connectivity index (χ4n) is 3.89. The first kappa shape index (κ1) is 23.0. The molecule has 3 aromatic rings. The highest BCUT2D eigenvalue weighted by molar-refractivity contribution is 5.92. The van der Waals surface area contributed by atoms with Crippen LogP contribution in [0, 0.1) is 5.82 Å². The van der Waals surface area contributed by atoms with Gasteiger partial charge in [0.15, 0.2) is 5.69 Å². The summed E-state index contributed by atoms with van der Waals surface area (Å²) in [5, 5.41) is 0. The maximum Gasteiger partial charge on any atom is 0.416 e. The van der Waals surface area contributed by atoms with Crippen LogP contribution in [-0.4, -0.2) is 33.8 Å². The van der Waals surface area contributed by atoms with Gasteiger partial charge in [0.25, 0.3) is 5.91 Å². The topological polar surface area (TPSA) is 49.6 Å². The number of oxazole rings is 1. The molecule has 0 radical (unpaired) electrons. The number of rotatable bonds is 7. The lowest BCUT2D eigenvalue weighted by Crippen LogP contribution is -2.28. The van der Waals surface area contributed by atoms with Crippen molar-refractivity contribution in [3.8, 4) is 0 Å². The number of hydrogen-bond acceptors (Lipinski definition) is 4. The van der Waals surface area contributed by atoms with Crippen molar-refractivity contribution in [3.05, 3.63) is 88.9 Å². The van der Waals surface area contributed by atoms with E-state index in [-0.39, 0.29) is 37.1 Å². The van der Waals surface area contributed by atoms with Gasteiger partial charge in [-0.25, -0.2) is 9.37 Å². The molecule has 0 saturated carbocycles. The molecule has 0 spiro atoms. The molecule has 1 aliphatic rings. The van der Waals surface area contributed by atoms with Crippen LogP contribution in [0.3, 0.4) is 0 Å². The molecule has 174 valence electrons. The van der Waals surface area contributed by atoms with E-state index in [1.165, 1.54) is 18.4 Å². The van der Waals surface area contributed by atoms with Gasteiger partial charge in [0.1, 0.15) is 12.1 Å². The van der Waals surface area contributed by atoms with Crippen LogP contribution in [0.25, 0.3) is 0 Å². The lowest BCUT2D eigenvalue weighted by atomic mass is 10.1. The van der Waals surface area contributed by atoms with Crippen molar-refractivity contribution in [2.24, 2.45) is 0 Å². The summed E-state index contributed by atoms with van der Waals surface area (Å²) in [5.41, 5.74) is 0.253. The van der Waals surface area contributed by atoms with Gasteiger partial charge in [0, 0.05) is 31.7 Å². The van der Waals surface area contributed by atoms with E-state index < -0.39 is 17.6 Å². The largest absolute Gasteiger partial charge is 0.447 e. The lowest BCUT2D eigenvalue weighted by molar-refractivity contribution is -0.137. The summed E-state index contributed by atoms with van der Waals surface area (Å²) in [6.45, 7) is 1.68. The number of likely N-dealkylation sites (tertiary alicyclic amines) is 1. The first-order valence-electron chi connectivity index (χ1n) is 10.6. The molecule has 1 aliphatic heterocycles. The molecule has 2 heterocycles. The molecule has 1 fully saturated rings. The average molecular weight is 461 g/mol. The molecular weight excluding hydrogens is 438 g/mol. The van der Waals surface area contributed by atoms with Crippen LogP contribution in [-0.2, 0) is 25.8 Å². The highest BCUT2D eigenvalue weighted by Gasteiger charge is 2.30. The second-order valence-electron chi connectivity index (χ2n) is 8.06. The maximum atomic E-state index is 14.3. The van der Waals surface area contributed by atoms with E-state index in [9.17, 15) is 22.4 Å². The predicted molar refractivity (Wildman–Crippen MR) is 112 cm³/mol. The minimum Gasteiger partial charge on any atom is -0.447 e. The van der Waals surface area contributed by atoms with E-state index >= 15 is 0 Å². The second-order valence-corrected chi connectivity index (χ2v) is 8.06.